The Morgan fingerprint density at radius 2 is 1.96 bits per heavy atom. The normalized spacial score (nSPS) is 15.7. The number of thioether (sulfide) groups is 1. The van der Waals surface area contributed by atoms with Crippen LogP contribution in [-0.4, -0.2) is 27.5 Å². The first kappa shape index (κ1) is 20.1. The number of amidine groups is 1. The Hall–Kier alpha value is -2.66. The number of nitro benzene ring substituents is 1. The van der Waals surface area contributed by atoms with Crippen LogP contribution < -0.4 is 10.2 Å². The molecule has 0 aliphatic carbocycles. The van der Waals surface area contributed by atoms with Crippen molar-refractivity contribution < 1.29 is 18.1 Å². The smallest absolute Gasteiger partial charge is 0.331 e. The minimum absolute atomic E-state index is 0.0456. The van der Waals surface area contributed by atoms with Gasteiger partial charge in [0.15, 0.2) is 10.3 Å². The van der Waals surface area contributed by atoms with Gasteiger partial charge < -0.3 is 10.2 Å². The van der Waals surface area contributed by atoms with E-state index in [4.69, 9.17) is 12.2 Å². The monoisotopic (exact) mass is 426 g/mol. The van der Waals surface area contributed by atoms with E-state index in [1.807, 2.05) is 18.2 Å². The summed E-state index contributed by atoms with van der Waals surface area (Å²) in [5.41, 5.74) is -0.933. The van der Waals surface area contributed by atoms with Crippen LogP contribution in [-0.2, 0) is 6.18 Å². The molecule has 1 aliphatic heterocycles. The van der Waals surface area contributed by atoms with Crippen molar-refractivity contribution in [1.82, 2.24) is 0 Å². The average Bonchev–Trinajstić information content (AvgIpc) is 3.09. The number of halogens is 3. The van der Waals surface area contributed by atoms with E-state index in [-0.39, 0.29) is 10.8 Å². The van der Waals surface area contributed by atoms with Crippen molar-refractivity contribution in [3.05, 3.63) is 64.2 Å². The minimum Gasteiger partial charge on any atom is -0.331 e. The van der Waals surface area contributed by atoms with Gasteiger partial charge in [-0.25, -0.2) is 0 Å². The first-order valence-electron chi connectivity index (χ1n) is 7.96. The molecule has 3 rings (SSSR count). The van der Waals surface area contributed by atoms with Crippen LogP contribution in [0.2, 0.25) is 0 Å². The van der Waals surface area contributed by atoms with Crippen molar-refractivity contribution in [2.24, 2.45) is 4.99 Å². The summed E-state index contributed by atoms with van der Waals surface area (Å²) in [6.45, 7) is 0.365. The molecule has 2 aromatic carbocycles. The zero-order valence-corrected chi connectivity index (χ0v) is 15.8. The van der Waals surface area contributed by atoms with Gasteiger partial charge in [0.1, 0.15) is 5.69 Å². The standard InChI is InChI=1S/C17H13F3N4O2S2/c18-17(19,20)11-6-7-13(14(10-11)24(25)26)23-8-9-28-16(23)22-15(27)21-12-4-2-1-3-5-12/h1-7,10H,8-9H2,(H,21,27)/b22-16-. The number of alkyl halides is 3. The second kappa shape index (κ2) is 8.15. The molecule has 0 amide bonds. The van der Waals surface area contributed by atoms with Crippen LogP contribution in [0.15, 0.2) is 53.5 Å². The molecule has 0 saturated carbocycles. The van der Waals surface area contributed by atoms with Crippen LogP contribution in [0.25, 0.3) is 0 Å². The number of rotatable bonds is 3. The molecule has 1 aliphatic rings. The van der Waals surface area contributed by atoms with Crippen molar-refractivity contribution in [1.29, 1.82) is 0 Å². The second-order valence-electron chi connectivity index (χ2n) is 5.65. The number of thiocarbonyl (C=S) groups is 1. The zero-order chi connectivity index (χ0) is 20.3. The fourth-order valence-corrected chi connectivity index (χ4v) is 3.77. The quantitative estimate of drug-likeness (QED) is 0.427. The molecule has 1 saturated heterocycles. The van der Waals surface area contributed by atoms with Crippen molar-refractivity contribution in [3.63, 3.8) is 0 Å². The molecule has 1 N–H and O–H groups in total. The van der Waals surface area contributed by atoms with E-state index in [1.54, 1.807) is 12.1 Å². The Morgan fingerprint density at radius 1 is 1.25 bits per heavy atom. The number of anilines is 2. The number of nitrogens with zero attached hydrogens (tertiary/aromatic N) is 3. The molecule has 0 atom stereocenters. The van der Waals surface area contributed by atoms with E-state index in [2.05, 4.69) is 10.3 Å². The van der Waals surface area contributed by atoms with Crippen LogP contribution in [0.5, 0.6) is 0 Å². The lowest BCUT2D eigenvalue weighted by Gasteiger charge is -2.19. The van der Waals surface area contributed by atoms with Gasteiger partial charge in [0.25, 0.3) is 5.69 Å². The molecule has 11 heteroatoms. The van der Waals surface area contributed by atoms with Gasteiger partial charge in [-0.2, -0.15) is 18.2 Å². The second-order valence-corrected chi connectivity index (χ2v) is 7.10. The van der Waals surface area contributed by atoms with Gasteiger partial charge in [-0.05, 0) is 36.5 Å². The molecule has 0 spiro atoms. The van der Waals surface area contributed by atoms with Crippen LogP contribution >= 0.6 is 24.0 Å². The highest BCUT2D eigenvalue weighted by Gasteiger charge is 2.35. The largest absolute Gasteiger partial charge is 0.416 e. The van der Waals surface area contributed by atoms with E-state index in [0.717, 1.165) is 17.8 Å². The van der Waals surface area contributed by atoms with E-state index in [9.17, 15) is 23.3 Å². The Morgan fingerprint density at radius 3 is 2.61 bits per heavy atom. The fraction of sp³-hybridized carbons (Fsp3) is 0.176. The number of hydrogen-bond acceptors (Lipinski definition) is 4. The van der Waals surface area contributed by atoms with Crippen molar-refractivity contribution in [2.75, 3.05) is 22.5 Å². The van der Waals surface area contributed by atoms with E-state index < -0.39 is 22.4 Å². The lowest BCUT2D eigenvalue weighted by Crippen LogP contribution is -2.26. The maximum Gasteiger partial charge on any atom is 0.416 e. The number of aliphatic imine (C=N–C) groups is 1. The summed E-state index contributed by atoms with van der Waals surface area (Å²) in [6, 6.07) is 11.5. The summed E-state index contributed by atoms with van der Waals surface area (Å²) in [6.07, 6.45) is -4.67. The lowest BCUT2D eigenvalue weighted by atomic mass is 10.1. The van der Waals surface area contributed by atoms with E-state index in [0.29, 0.717) is 23.5 Å². The summed E-state index contributed by atoms with van der Waals surface area (Å²) < 4.78 is 38.7. The predicted molar refractivity (Wildman–Crippen MR) is 108 cm³/mol. The Labute approximate surface area is 167 Å². The average molecular weight is 426 g/mol. The van der Waals surface area contributed by atoms with Gasteiger partial charge in [0.05, 0.1) is 10.5 Å². The number of para-hydroxylation sites is 1. The molecule has 1 fully saturated rings. The summed E-state index contributed by atoms with van der Waals surface area (Å²) in [4.78, 5) is 16.3. The van der Waals surface area contributed by atoms with Gasteiger partial charge in [-0.15, -0.1) is 0 Å². The maximum absolute atomic E-state index is 12.9. The number of nitro groups is 1. The molecule has 6 nitrogen and oxygen atoms in total. The van der Waals surface area contributed by atoms with Crippen molar-refractivity contribution >= 4 is 51.3 Å². The number of benzene rings is 2. The van der Waals surface area contributed by atoms with Crippen LogP contribution in [0.1, 0.15) is 5.56 Å². The molecule has 1 heterocycles. The van der Waals surface area contributed by atoms with Crippen molar-refractivity contribution in [2.45, 2.75) is 6.18 Å². The molecule has 146 valence electrons. The summed E-state index contributed by atoms with van der Waals surface area (Å²) >= 11 is 6.53. The van der Waals surface area contributed by atoms with Crippen LogP contribution in [0.4, 0.5) is 30.2 Å². The first-order chi connectivity index (χ1) is 13.3. The van der Waals surface area contributed by atoms with Crippen molar-refractivity contribution in [3.8, 4) is 0 Å². The Bertz CT molecular complexity index is 936. The van der Waals surface area contributed by atoms with Crippen LogP contribution in [0, 0.1) is 10.1 Å². The summed E-state index contributed by atoms with van der Waals surface area (Å²) in [5.74, 6) is 0.574. The third-order valence-electron chi connectivity index (χ3n) is 3.79. The molecule has 0 aromatic heterocycles. The highest BCUT2D eigenvalue weighted by Crippen LogP contribution is 2.38. The Kier molecular flexibility index (Phi) is 5.84. The zero-order valence-electron chi connectivity index (χ0n) is 14.1. The predicted octanol–water partition coefficient (Wildman–Crippen LogP) is 4.92. The molecular weight excluding hydrogens is 413 g/mol. The van der Waals surface area contributed by atoms with E-state index >= 15 is 0 Å². The maximum atomic E-state index is 12.9. The Balaban J connectivity index is 1.90. The molecule has 28 heavy (non-hydrogen) atoms. The SMILES string of the molecule is O=[N+]([O-])c1cc(C(F)(F)F)ccc1N1CCS/C1=N\C(=S)Nc1ccccc1. The summed E-state index contributed by atoms with van der Waals surface area (Å²) in [7, 11) is 0. The van der Waals surface area contributed by atoms with Gasteiger partial charge >= 0.3 is 6.18 Å². The van der Waals surface area contributed by atoms with E-state index in [1.165, 1.54) is 16.7 Å². The summed E-state index contributed by atoms with van der Waals surface area (Å²) in [5, 5.41) is 14.8. The lowest BCUT2D eigenvalue weighted by molar-refractivity contribution is -0.384. The van der Waals surface area contributed by atoms with Gasteiger partial charge in [0.2, 0.25) is 0 Å². The molecule has 2 aromatic rings. The first-order valence-corrected chi connectivity index (χ1v) is 9.36. The third kappa shape index (κ3) is 4.60. The highest BCUT2D eigenvalue weighted by molar-refractivity contribution is 8.14. The van der Waals surface area contributed by atoms with Gasteiger partial charge in [0, 0.05) is 24.1 Å². The van der Waals surface area contributed by atoms with Crippen LogP contribution in [0.3, 0.4) is 0 Å². The fourth-order valence-electron chi connectivity index (χ4n) is 2.55. The van der Waals surface area contributed by atoms with Gasteiger partial charge in [-0.3, -0.25) is 10.1 Å². The molecule has 0 radical (unpaired) electrons. The molecular formula is C17H13F3N4O2S2. The minimum atomic E-state index is -4.67. The topological polar surface area (TPSA) is 70.8 Å². The van der Waals surface area contributed by atoms with Gasteiger partial charge in [-0.1, -0.05) is 30.0 Å². The highest BCUT2D eigenvalue weighted by atomic mass is 32.2. The number of nitrogens with one attached hydrogen (secondary N) is 1. The molecule has 0 bridgehead atoms. The number of hydrogen-bond donors (Lipinski definition) is 1. The third-order valence-corrected chi connectivity index (χ3v) is 4.94. The molecule has 0 unspecified atom stereocenters.